The van der Waals surface area contributed by atoms with Crippen LogP contribution < -0.4 is 10.5 Å². The van der Waals surface area contributed by atoms with Crippen LogP contribution in [-0.2, 0) is 13.2 Å². The number of hydrogen-bond acceptors (Lipinski definition) is 4. The highest BCUT2D eigenvalue weighted by atomic mass is 16.5. The van der Waals surface area contributed by atoms with Crippen molar-refractivity contribution in [1.82, 2.24) is 4.98 Å². The lowest BCUT2D eigenvalue weighted by molar-refractivity contribution is 0.304. The summed E-state index contributed by atoms with van der Waals surface area (Å²) >= 11 is 0. The molecule has 0 aliphatic heterocycles. The molecular formula is C15H14N2O2. The second-order valence-corrected chi connectivity index (χ2v) is 4.23. The first kappa shape index (κ1) is 11.7. The normalized spacial score (nSPS) is 10.8. The van der Waals surface area contributed by atoms with Gasteiger partial charge in [0.1, 0.15) is 17.9 Å². The van der Waals surface area contributed by atoms with E-state index in [2.05, 4.69) is 4.98 Å². The van der Waals surface area contributed by atoms with Crippen LogP contribution in [0.1, 0.15) is 11.1 Å². The summed E-state index contributed by atoms with van der Waals surface area (Å²) < 4.78 is 11.2. The second-order valence-electron chi connectivity index (χ2n) is 4.23. The van der Waals surface area contributed by atoms with Gasteiger partial charge in [-0.1, -0.05) is 12.1 Å². The quantitative estimate of drug-likeness (QED) is 0.777. The van der Waals surface area contributed by atoms with Crippen LogP contribution in [0, 0.1) is 0 Å². The minimum Gasteiger partial charge on any atom is -0.487 e. The highest BCUT2D eigenvalue weighted by Crippen LogP contribution is 2.26. The number of pyridine rings is 1. The number of rotatable bonds is 4. The van der Waals surface area contributed by atoms with Crippen LogP contribution >= 0.6 is 0 Å². The molecule has 0 aliphatic rings. The van der Waals surface area contributed by atoms with Crippen molar-refractivity contribution in [3.8, 4) is 5.75 Å². The molecule has 0 aliphatic carbocycles. The topological polar surface area (TPSA) is 61.3 Å². The van der Waals surface area contributed by atoms with Gasteiger partial charge in [0.2, 0.25) is 0 Å². The molecule has 3 aromatic rings. The molecule has 96 valence electrons. The molecule has 2 heterocycles. The highest BCUT2D eigenvalue weighted by molar-refractivity contribution is 5.84. The molecule has 0 unspecified atom stereocenters. The van der Waals surface area contributed by atoms with Crippen molar-refractivity contribution in [3.63, 3.8) is 0 Å². The zero-order valence-electron chi connectivity index (χ0n) is 10.4. The minimum atomic E-state index is 0.440. The van der Waals surface area contributed by atoms with Crippen molar-refractivity contribution in [3.05, 3.63) is 60.1 Å². The molecule has 0 saturated heterocycles. The van der Waals surface area contributed by atoms with E-state index in [4.69, 9.17) is 14.9 Å². The van der Waals surface area contributed by atoms with Gasteiger partial charge in [0.25, 0.3) is 0 Å². The Balaban J connectivity index is 1.89. The molecule has 2 N–H and O–H groups in total. The van der Waals surface area contributed by atoms with Crippen LogP contribution in [0.2, 0.25) is 0 Å². The van der Waals surface area contributed by atoms with E-state index in [1.807, 2.05) is 30.3 Å². The number of nitrogens with two attached hydrogens (primary N) is 1. The molecule has 0 saturated carbocycles. The monoisotopic (exact) mass is 254 g/mol. The van der Waals surface area contributed by atoms with Crippen LogP contribution in [0.4, 0.5) is 0 Å². The second kappa shape index (κ2) is 5.12. The fourth-order valence-electron chi connectivity index (χ4n) is 2.10. The largest absolute Gasteiger partial charge is 0.487 e. The van der Waals surface area contributed by atoms with Gasteiger partial charge in [-0.05, 0) is 23.8 Å². The SMILES string of the molecule is NCc1cccc2occ(COc3cccnc3)c12. The zero-order valence-corrected chi connectivity index (χ0v) is 10.4. The lowest BCUT2D eigenvalue weighted by Gasteiger charge is -2.05. The predicted octanol–water partition coefficient (Wildman–Crippen LogP) is 2.87. The maximum absolute atomic E-state index is 5.76. The van der Waals surface area contributed by atoms with Gasteiger partial charge in [-0.3, -0.25) is 4.98 Å². The third-order valence-corrected chi connectivity index (χ3v) is 3.01. The Morgan fingerprint density at radius 2 is 2.11 bits per heavy atom. The molecule has 0 amide bonds. The van der Waals surface area contributed by atoms with Crippen molar-refractivity contribution in [2.24, 2.45) is 5.73 Å². The third-order valence-electron chi connectivity index (χ3n) is 3.01. The maximum Gasteiger partial charge on any atom is 0.138 e. The molecular weight excluding hydrogens is 240 g/mol. The maximum atomic E-state index is 5.76. The summed E-state index contributed by atoms with van der Waals surface area (Å²) in [5.74, 6) is 0.738. The average molecular weight is 254 g/mol. The van der Waals surface area contributed by atoms with Crippen LogP contribution in [0.15, 0.2) is 53.4 Å². The van der Waals surface area contributed by atoms with Gasteiger partial charge in [0, 0.05) is 23.7 Å². The van der Waals surface area contributed by atoms with E-state index >= 15 is 0 Å². The summed E-state index contributed by atoms with van der Waals surface area (Å²) in [7, 11) is 0. The number of furan rings is 1. The van der Waals surface area contributed by atoms with Crippen molar-refractivity contribution in [2.75, 3.05) is 0 Å². The first-order valence-corrected chi connectivity index (χ1v) is 6.09. The van der Waals surface area contributed by atoms with E-state index in [1.165, 1.54) is 0 Å². The van der Waals surface area contributed by atoms with Gasteiger partial charge >= 0.3 is 0 Å². The van der Waals surface area contributed by atoms with Crippen molar-refractivity contribution in [2.45, 2.75) is 13.2 Å². The molecule has 0 spiro atoms. The van der Waals surface area contributed by atoms with Crippen LogP contribution in [0.5, 0.6) is 5.75 Å². The Bertz CT molecular complexity index is 677. The van der Waals surface area contributed by atoms with E-state index in [-0.39, 0.29) is 0 Å². The molecule has 19 heavy (non-hydrogen) atoms. The number of ether oxygens (including phenoxy) is 1. The van der Waals surface area contributed by atoms with E-state index in [1.54, 1.807) is 18.7 Å². The molecule has 0 bridgehead atoms. The van der Waals surface area contributed by atoms with Gasteiger partial charge in [0.15, 0.2) is 0 Å². The van der Waals surface area contributed by atoms with E-state index < -0.39 is 0 Å². The fourth-order valence-corrected chi connectivity index (χ4v) is 2.10. The first-order valence-electron chi connectivity index (χ1n) is 6.09. The zero-order chi connectivity index (χ0) is 13.1. The molecule has 0 fully saturated rings. The van der Waals surface area contributed by atoms with Crippen molar-refractivity contribution < 1.29 is 9.15 Å². The summed E-state index contributed by atoms with van der Waals surface area (Å²) in [4.78, 5) is 4.01. The lowest BCUT2D eigenvalue weighted by atomic mass is 10.1. The van der Waals surface area contributed by atoms with Gasteiger partial charge in [-0.15, -0.1) is 0 Å². The molecule has 4 nitrogen and oxygen atoms in total. The fraction of sp³-hybridized carbons (Fsp3) is 0.133. The summed E-state index contributed by atoms with van der Waals surface area (Å²) in [6.07, 6.45) is 5.12. The summed E-state index contributed by atoms with van der Waals surface area (Å²) in [6, 6.07) is 9.60. The Labute approximate surface area is 110 Å². The molecule has 1 aromatic carbocycles. The first-order chi connectivity index (χ1) is 9.38. The Morgan fingerprint density at radius 1 is 1.16 bits per heavy atom. The van der Waals surface area contributed by atoms with Crippen LogP contribution in [0.25, 0.3) is 11.0 Å². The standard InChI is InChI=1S/C15H14N2O2/c16-7-11-3-1-5-14-15(11)12(10-19-14)9-18-13-4-2-6-17-8-13/h1-6,8,10H,7,9,16H2. The molecule has 2 aromatic heterocycles. The minimum absolute atomic E-state index is 0.440. The number of fused-ring (bicyclic) bond motifs is 1. The number of nitrogens with zero attached hydrogens (tertiary/aromatic N) is 1. The van der Waals surface area contributed by atoms with Gasteiger partial charge in [0.05, 0.1) is 12.5 Å². The Hall–Kier alpha value is -2.33. The van der Waals surface area contributed by atoms with Crippen molar-refractivity contribution in [1.29, 1.82) is 0 Å². The Kier molecular flexibility index (Phi) is 3.16. The van der Waals surface area contributed by atoms with Gasteiger partial charge in [-0.25, -0.2) is 0 Å². The van der Waals surface area contributed by atoms with Crippen molar-refractivity contribution >= 4 is 11.0 Å². The van der Waals surface area contributed by atoms with Gasteiger partial charge in [-0.2, -0.15) is 0 Å². The molecule has 3 rings (SSSR count). The lowest BCUT2D eigenvalue weighted by Crippen LogP contribution is -1.99. The Morgan fingerprint density at radius 3 is 2.89 bits per heavy atom. The van der Waals surface area contributed by atoms with Gasteiger partial charge < -0.3 is 14.9 Å². The van der Waals surface area contributed by atoms with E-state index in [0.717, 1.165) is 27.8 Å². The summed E-state index contributed by atoms with van der Waals surface area (Å²) in [6.45, 7) is 0.923. The summed E-state index contributed by atoms with van der Waals surface area (Å²) in [5.41, 5.74) is 8.66. The van der Waals surface area contributed by atoms with E-state index in [9.17, 15) is 0 Å². The third kappa shape index (κ3) is 2.30. The van der Waals surface area contributed by atoms with Crippen LogP contribution in [-0.4, -0.2) is 4.98 Å². The van der Waals surface area contributed by atoms with Crippen LogP contribution in [0.3, 0.4) is 0 Å². The highest BCUT2D eigenvalue weighted by Gasteiger charge is 2.10. The predicted molar refractivity (Wildman–Crippen MR) is 72.7 cm³/mol. The van der Waals surface area contributed by atoms with E-state index in [0.29, 0.717) is 13.2 Å². The molecule has 4 heteroatoms. The molecule has 0 radical (unpaired) electrons. The average Bonchev–Trinajstić information content (AvgIpc) is 2.89. The molecule has 0 atom stereocenters. The number of aromatic nitrogens is 1. The number of benzene rings is 1. The number of hydrogen-bond donors (Lipinski definition) is 1. The summed E-state index contributed by atoms with van der Waals surface area (Å²) in [5, 5.41) is 1.05. The smallest absolute Gasteiger partial charge is 0.138 e.